The van der Waals surface area contributed by atoms with Crippen LogP contribution >= 0.6 is 0 Å². The molecule has 2 unspecified atom stereocenters. The van der Waals surface area contributed by atoms with E-state index in [0.29, 0.717) is 11.7 Å². The number of carbonyl (C=O) groups excluding carboxylic acids is 1. The maximum Gasteiger partial charge on any atom is 0.271 e. The van der Waals surface area contributed by atoms with E-state index >= 15 is 0 Å². The zero-order chi connectivity index (χ0) is 13.2. The lowest BCUT2D eigenvalue weighted by Gasteiger charge is -2.35. The van der Waals surface area contributed by atoms with Crippen LogP contribution in [0.3, 0.4) is 0 Å². The smallest absolute Gasteiger partial charge is 0.271 e. The van der Waals surface area contributed by atoms with E-state index in [-0.39, 0.29) is 17.8 Å². The number of amides is 1. The molecule has 19 heavy (non-hydrogen) atoms. The molecule has 0 spiro atoms. The van der Waals surface area contributed by atoms with Crippen LogP contribution in [0.15, 0.2) is 12.4 Å². The fourth-order valence-electron chi connectivity index (χ4n) is 3.11. The molecule has 6 nitrogen and oxygen atoms in total. The monoisotopic (exact) mass is 261 g/mol. The Bertz CT molecular complexity index is 478. The van der Waals surface area contributed by atoms with Crippen molar-refractivity contribution in [3.63, 3.8) is 0 Å². The first kappa shape index (κ1) is 12.3. The van der Waals surface area contributed by atoms with Crippen LogP contribution in [0.2, 0.25) is 0 Å². The second kappa shape index (κ2) is 5.13. The van der Waals surface area contributed by atoms with E-state index in [1.807, 2.05) is 0 Å². The normalized spacial score (nSPS) is 26.9. The van der Waals surface area contributed by atoms with Crippen molar-refractivity contribution in [2.75, 3.05) is 18.8 Å². The van der Waals surface area contributed by atoms with E-state index in [4.69, 9.17) is 5.73 Å². The van der Waals surface area contributed by atoms with E-state index in [1.54, 1.807) is 0 Å². The van der Waals surface area contributed by atoms with Gasteiger partial charge in [0.15, 0.2) is 0 Å². The number of piperidine rings is 1. The van der Waals surface area contributed by atoms with Gasteiger partial charge in [-0.2, -0.15) is 0 Å². The molecule has 3 heterocycles. The minimum absolute atomic E-state index is 0.170. The summed E-state index contributed by atoms with van der Waals surface area (Å²) in [5.41, 5.74) is 5.84. The molecular formula is C13H19N5O. The van der Waals surface area contributed by atoms with Crippen LogP contribution in [0.25, 0.3) is 0 Å². The van der Waals surface area contributed by atoms with Crippen molar-refractivity contribution in [3.8, 4) is 0 Å². The molecule has 0 aromatic carbocycles. The Morgan fingerprint density at radius 1 is 1.37 bits per heavy atom. The van der Waals surface area contributed by atoms with Gasteiger partial charge in [-0.15, -0.1) is 0 Å². The summed E-state index contributed by atoms with van der Waals surface area (Å²) in [5.74, 6) is 0.106. The molecule has 3 N–H and O–H groups in total. The van der Waals surface area contributed by atoms with Gasteiger partial charge in [0, 0.05) is 18.6 Å². The lowest BCUT2D eigenvalue weighted by molar-refractivity contribution is 0.0891. The lowest BCUT2D eigenvalue weighted by Crippen LogP contribution is -2.47. The number of nitrogens with one attached hydrogen (secondary N) is 1. The molecule has 1 aromatic heterocycles. The number of carbonyl (C=O) groups is 1. The second-order valence-corrected chi connectivity index (χ2v) is 5.36. The summed E-state index contributed by atoms with van der Waals surface area (Å²) in [6.07, 6.45) is 7.49. The summed E-state index contributed by atoms with van der Waals surface area (Å²) in [5, 5.41) is 3.05. The highest BCUT2D eigenvalue weighted by Gasteiger charge is 2.32. The van der Waals surface area contributed by atoms with Crippen LogP contribution in [0.5, 0.6) is 0 Å². The number of fused-ring (bicyclic) bond motifs is 1. The maximum atomic E-state index is 12.1. The molecule has 0 aliphatic carbocycles. The third kappa shape index (κ3) is 2.68. The average Bonchev–Trinajstić information content (AvgIpc) is 2.86. The van der Waals surface area contributed by atoms with Gasteiger partial charge in [0.2, 0.25) is 0 Å². The van der Waals surface area contributed by atoms with E-state index in [1.165, 1.54) is 31.8 Å². The fraction of sp³-hybridized carbons (Fsp3) is 0.615. The zero-order valence-electron chi connectivity index (χ0n) is 10.9. The molecule has 0 radical (unpaired) electrons. The predicted molar refractivity (Wildman–Crippen MR) is 71.5 cm³/mol. The van der Waals surface area contributed by atoms with Crippen molar-refractivity contribution in [2.45, 2.75) is 37.8 Å². The quantitative estimate of drug-likeness (QED) is 0.806. The van der Waals surface area contributed by atoms with Gasteiger partial charge >= 0.3 is 0 Å². The number of rotatable bonds is 2. The van der Waals surface area contributed by atoms with E-state index < -0.39 is 0 Å². The molecule has 2 saturated heterocycles. The van der Waals surface area contributed by atoms with Crippen molar-refractivity contribution < 1.29 is 4.79 Å². The molecule has 2 aliphatic rings. The fourth-order valence-corrected chi connectivity index (χ4v) is 3.11. The minimum atomic E-state index is -0.170. The Labute approximate surface area is 112 Å². The summed E-state index contributed by atoms with van der Waals surface area (Å²) >= 11 is 0. The van der Waals surface area contributed by atoms with Crippen LogP contribution in [0.1, 0.15) is 36.2 Å². The number of nitrogens with zero attached hydrogens (tertiary/aromatic N) is 3. The minimum Gasteiger partial charge on any atom is -0.382 e. The lowest BCUT2D eigenvalue weighted by atomic mass is 9.97. The number of aromatic nitrogens is 2. The average molecular weight is 261 g/mol. The van der Waals surface area contributed by atoms with Crippen molar-refractivity contribution in [1.82, 2.24) is 20.2 Å². The molecule has 0 saturated carbocycles. The highest BCUT2D eigenvalue weighted by molar-refractivity contribution is 5.92. The first-order valence-corrected chi connectivity index (χ1v) is 6.85. The number of anilines is 1. The summed E-state index contributed by atoms with van der Waals surface area (Å²) in [4.78, 5) is 22.5. The standard InChI is InChI=1S/C13H19N5O/c14-12-8-15-7-11(17-12)13(19)16-9-3-5-18-4-1-2-10(18)6-9/h7-10H,1-6H2,(H2,14,17)(H,16,19). The summed E-state index contributed by atoms with van der Waals surface area (Å²) in [6.45, 7) is 2.30. The Kier molecular flexibility index (Phi) is 3.33. The van der Waals surface area contributed by atoms with Crippen molar-refractivity contribution >= 4 is 11.7 Å². The second-order valence-electron chi connectivity index (χ2n) is 5.36. The van der Waals surface area contributed by atoms with E-state index in [0.717, 1.165) is 19.4 Å². The molecule has 2 fully saturated rings. The highest BCUT2D eigenvalue weighted by Crippen LogP contribution is 2.26. The van der Waals surface area contributed by atoms with Crippen LogP contribution < -0.4 is 11.1 Å². The Balaban J connectivity index is 1.61. The molecule has 1 amide bonds. The van der Waals surface area contributed by atoms with Gasteiger partial charge in [-0.3, -0.25) is 9.78 Å². The first-order valence-electron chi connectivity index (χ1n) is 6.85. The SMILES string of the molecule is Nc1cncc(C(=O)NC2CCN3CCCC3C2)n1. The van der Waals surface area contributed by atoms with Crippen LogP contribution in [-0.4, -0.2) is 45.9 Å². The highest BCUT2D eigenvalue weighted by atomic mass is 16.1. The molecular weight excluding hydrogens is 242 g/mol. The van der Waals surface area contributed by atoms with Gasteiger partial charge in [0.1, 0.15) is 11.5 Å². The summed E-state index contributed by atoms with van der Waals surface area (Å²) in [6, 6.07) is 0.890. The van der Waals surface area contributed by atoms with Gasteiger partial charge in [-0.05, 0) is 32.2 Å². The van der Waals surface area contributed by atoms with Gasteiger partial charge < -0.3 is 16.0 Å². The predicted octanol–water partition coefficient (Wildman–Crippen LogP) is 0.415. The van der Waals surface area contributed by atoms with Crippen molar-refractivity contribution in [2.24, 2.45) is 0 Å². The number of nitrogen functional groups attached to an aromatic ring is 1. The molecule has 6 heteroatoms. The van der Waals surface area contributed by atoms with Crippen molar-refractivity contribution in [1.29, 1.82) is 0 Å². The van der Waals surface area contributed by atoms with Gasteiger partial charge in [0.25, 0.3) is 5.91 Å². The summed E-state index contributed by atoms with van der Waals surface area (Å²) in [7, 11) is 0. The number of hydrogen-bond acceptors (Lipinski definition) is 5. The van der Waals surface area contributed by atoms with E-state index in [9.17, 15) is 4.79 Å². The Hall–Kier alpha value is -1.69. The maximum absolute atomic E-state index is 12.1. The summed E-state index contributed by atoms with van der Waals surface area (Å²) < 4.78 is 0. The molecule has 0 bridgehead atoms. The first-order chi connectivity index (χ1) is 9.22. The van der Waals surface area contributed by atoms with Gasteiger partial charge in [0.05, 0.1) is 12.4 Å². The van der Waals surface area contributed by atoms with Crippen molar-refractivity contribution in [3.05, 3.63) is 18.1 Å². The molecule has 1 aromatic rings. The van der Waals surface area contributed by atoms with E-state index in [2.05, 4.69) is 20.2 Å². The van der Waals surface area contributed by atoms with Crippen LogP contribution in [0, 0.1) is 0 Å². The van der Waals surface area contributed by atoms with Crippen LogP contribution in [-0.2, 0) is 0 Å². The Morgan fingerprint density at radius 2 is 2.26 bits per heavy atom. The molecule has 2 aliphatic heterocycles. The third-order valence-corrected chi connectivity index (χ3v) is 4.04. The van der Waals surface area contributed by atoms with Crippen LogP contribution in [0.4, 0.5) is 5.82 Å². The molecule has 2 atom stereocenters. The number of nitrogens with two attached hydrogens (primary N) is 1. The van der Waals surface area contributed by atoms with Gasteiger partial charge in [-0.1, -0.05) is 0 Å². The van der Waals surface area contributed by atoms with Gasteiger partial charge in [-0.25, -0.2) is 4.98 Å². The third-order valence-electron chi connectivity index (χ3n) is 4.04. The topological polar surface area (TPSA) is 84.1 Å². The molecule has 102 valence electrons. The number of hydrogen-bond donors (Lipinski definition) is 2. The molecule has 3 rings (SSSR count). The zero-order valence-corrected chi connectivity index (χ0v) is 10.9. The largest absolute Gasteiger partial charge is 0.382 e. The Morgan fingerprint density at radius 3 is 3.11 bits per heavy atom.